The summed E-state index contributed by atoms with van der Waals surface area (Å²) >= 11 is 0. The van der Waals surface area contributed by atoms with Crippen molar-refractivity contribution in [1.82, 2.24) is 14.5 Å². The van der Waals surface area contributed by atoms with Crippen molar-refractivity contribution < 1.29 is 23.0 Å². The van der Waals surface area contributed by atoms with Crippen LogP contribution < -0.4 is 15.2 Å². The van der Waals surface area contributed by atoms with E-state index in [-0.39, 0.29) is 41.1 Å². The fourth-order valence-corrected chi connectivity index (χ4v) is 5.57. The van der Waals surface area contributed by atoms with Crippen LogP contribution in [0.2, 0.25) is 0 Å². The molecule has 1 saturated carbocycles. The van der Waals surface area contributed by atoms with E-state index in [1.165, 1.54) is 0 Å². The number of rotatable bonds is 11. The van der Waals surface area contributed by atoms with Gasteiger partial charge in [0.1, 0.15) is 29.8 Å². The van der Waals surface area contributed by atoms with E-state index in [0.29, 0.717) is 41.1 Å². The van der Waals surface area contributed by atoms with Crippen molar-refractivity contribution in [3.05, 3.63) is 106 Å². The smallest absolute Gasteiger partial charge is 0.248 e. The summed E-state index contributed by atoms with van der Waals surface area (Å²) in [5, 5.41) is 9.38. The summed E-state index contributed by atoms with van der Waals surface area (Å²) in [7, 11) is 1.59. The first-order chi connectivity index (χ1) is 21.7. The van der Waals surface area contributed by atoms with Crippen LogP contribution >= 0.6 is 0 Å². The SMILES string of the molecule is COc1cc(C)ccc1COc1cccc(-c2cc(F)c(Cc3nc4ccc(C(N)=O)cc4n3CC3(CC#N)CC3)cc2F)n1. The van der Waals surface area contributed by atoms with Crippen molar-refractivity contribution in [2.24, 2.45) is 11.1 Å². The second kappa shape index (κ2) is 12.0. The lowest BCUT2D eigenvalue weighted by molar-refractivity contribution is 0.100. The average molecular weight is 608 g/mol. The van der Waals surface area contributed by atoms with Crippen molar-refractivity contribution in [1.29, 1.82) is 5.26 Å². The number of ether oxygens (including phenoxy) is 2. The molecule has 0 spiro atoms. The average Bonchev–Trinajstić information content (AvgIpc) is 3.71. The Bertz CT molecular complexity index is 1980. The second-order valence-electron chi connectivity index (χ2n) is 11.6. The molecule has 8 nitrogen and oxygen atoms in total. The van der Waals surface area contributed by atoms with Crippen molar-refractivity contribution in [2.45, 2.75) is 45.8 Å². The predicted molar refractivity (Wildman–Crippen MR) is 165 cm³/mol. The Morgan fingerprint density at radius 1 is 1.04 bits per heavy atom. The van der Waals surface area contributed by atoms with E-state index >= 15 is 8.78 Å². The number of halogens is 2. The van der Waals surface area contributed by atoms with Crippen LogP contribution in [0.1, 0.15) is 52.1 Å². The van der Waals surface area contributed by atoms with Crippen LogP contribution in [-0.2, 0) is 19.6 Å². The molecule has 1 aliphatic carbocycles. The number of benzene rings is 3. The van der Waals surface area contributed by atoms with Crippen molar-refractivity contribution in [3.63, 3.8) is 0 Å². The Labute approximate surface area is 259 Å². The Balaban J connectivity index is 1.28. The first kappa shape index (κ1) is 29.8. The molecule has 2 aromatic heterocycles. The van der Waals surface area contributed by atoms with E-state index in [0.717, 1.165) is 36.1 Å². The molecule has 2 heterocycles. The van der Waals surface area contributed by atoms with Gasteiger partial charge >= 0.3 is 0 Å². The van der Waals surface area contributed by atoms with Gasteiger partial charge in [0.15, 0.2) is 0 Å². The number of fused-ring (bicyclic) bond motifs is 1. The van der Waals surface area contributed by atoms with E-state index < -0.39 is 17.5 Å². The third-order valence-corrected chi connectivity index (χ3v) is 8.32. The molecule has 1 fully saturated rings. The summed E-state index contributed by atoms with van der Waals surface area (Å²) in [6.45, 7) is 2.63. The second-order valence-corrected chi connectivity index (χ2v) is 11.6. The summed E-state index contributed by atoms with van der Waals surface area (Å²) in [5.74, 6) is -0.381. The van der Waals surface area contributed by atoms with Gasteiger partial charge in [-0.25, -0.2) is 18.7 Å². The van der Waals surface area contributed by atoms with E-state index in [1.54, 1.807) is 43.5 Å². The topological polar surface area (TPSA) is 116 Å². The first-order valence-electron chi connectivity index (χ1n) is 14.6. The van der Waals surface area contributed by atoms with Gasteiger partial charge in [0, 0.05) is 47.6 Å². The van der Waals surface area contributed by atoms with E-state index in [2.05, 4.69) is 11.1 Å². The number of pyridine rings is 1. The van der Waals surface area contributed by atoms with Gasteiger partial charge in [-0.2, -0.15) is 5.26 Å². The lowest BCUT2D eigenvalue weighted by Crippen LogP contribution is -2.15. The minimum absolute atomic E-state index is 0.000160. The molecule has 10 heteroatoms. The highest BCUT2D eigenvalue weighted by molar-refractivity contribution is 5.96. The van der Waals surface area contributed by atoms with E-state index in [1.807, 2.05) is 29.7 Å². The number of nitriles is 1. The molecule has 0 atom stereocenters. The Kier molecular flexibility index (Phi) is 7.94. The molecule has 0 unspecified atom stereocenters. The monoisotopic (exact) mass is 607 g/mol. The minimum atomic E-state index is -0.641. The van der Waals surface area contributed by atoms with Gasteiger partial charge in [0.05, 0.1) is 29.9 Å². The zero-order valence-corrected chi connectivity index (χ0v) is 24.9. The lowest BCUT2D eigenvalue weighted by Gasteiger charge is -2.16. The Hall–Kier alpha value is -5.30. The maximum atomic E-state index is 15.6. The molecular formula is C35H31F2N5O3. The number of aryl methyl sites for hydroxylation is 1. The number of nitrogens with zero attached hydrogens (tertiary/aromatic N) is 4. The highest BCUT2D eigenvalue weighted by Crippen LogP contribution is 2.50. The summed E-state index contributed by atoms with van der Waals surface area (Å²) in [6, 6.07) is 20.2. The molecule has 0 radical (unpaired) electrons. The third kappa shape index (κ3) is 6.20. The predicted octanol–water partition coefficient (Wildman–Crippen LogP) is 6.66. The molecule has 1 aliphatic rings. The number of methoxy groups -OCH3 is 1. The number of hydrogen-bond acceptors (Lipinski definition) is 6. The van der Waals surface area contributed by atoms with Gasteiger partial charge in [-0.1, -0.05) is 18.2 Å². The van der Waals surface area contributed by atoms with Crippen LogP contribution in [0.4, 0.5) is 8.78 Å². The number of primary amides is 1. The summed E-state index contributed by atoms with van der Waals surface area (Å²) in [6.07, 6.45) is 2.12. The van der Waals surface area contributed by atoms with Crippen LogP contribution in [0, 0.1) is 35.3 Å². The molecule has 228 valence electrons. The number of carbonyl (C=O) groups is 1. The van der Waals surface area contributed by atoms with Crippen LogP contribution in [-0.4, -0.2) is 27.6 Å². The van der Waals surface area contributed by atoms with Gasteiger partial charge in [-0.05, 0) is 73.4 Å². The normalized spacial score (nSPS) is 13.4. The minimum Gasteiger partial charge on any atom is -0.496 e. The molecule has 2 N–H and O–H groups in total. The highest BCUT2D eigenvalue weighted by atomic mass is 19.1. The highest BCUT2D eigenvalue weighted by Gasteiger charge is 2.43. The fourth-order valence-electron chi connectivity index (χ4n) is 5.57. The molecular weight excluding hydrogens is 576 g/mol. The van der Waals surface area contributed by atoms with Crippen molar-refractivity contribution in [3.8, 4) is 29.0 Å². The molecule has 0 bridgehead atoms. The number of aromatic nitrogens is 3. The van der Waals surface area contributed by atoms with Gasteiger partial charge in [-0.3, -0.25) is 4.79 Å². The van der Waals surface area contributed by atoms with E-state index in [4.69, 9.17) is 20.2 Å². The summed E-state index contributed by atoms with van der Waals surface area (Å²) in [4.78, 5) is 21.0. The zero-order valence-electron chi connectivity index (χ0n) is 24.9. The summed E-state index contributed by atoms with van der Waals surface area (Å²) < 4.78 is 44.4. The van der Waals surface area contributed by atoms with Crippen LogP contribution in [0.15, 0.2) is 66.7 Å². The molecule has 45 heavy (non-hydrogen) atoms. The number of nitrogens with two attached hydrogens (primary N) is 1. The van der Waals surface area contributed by atoms with Crippen LogP contribution in [0.25, 0.3) is 22.3 Å². The van der Waals surface area contributed by atoms with E-state index in [9.17, 15) is 10.1 Å². The lowest BCUT2D eigenvalue weighted by atomic mass is 10.0. The van der Waals surface area contributed by atoms with Crippen molar-refractivity contribution in [2.75, 3.05) is 7.11 Å². The quantitative estimate of drug-likeness (QED) is 0.180. The Morgan fingerprint density at radius 3 is 2.60 bits per heavy atom. The molecule has 0 aliphatic heterocycles. The van der Waals surface area contributed by atoms with Gasteiger partial charge in [-0.15, -0.1) is 0 Å². The molecule has 0 saturated heterocycles. The number of carbonyl (C=O) groups excluding carboxylic acids is 1. The standard InChI is InChI=1S/C35H31F2N5O3/c1-21-6-7-23(31(14-21)44-2)19-45-33-5-3-4-28(41-33)25-18-26(36)24(15-27(25)37)17-32-40-29-9-8-22(34(39)43)16-30(29)42(32)20-35(10-11-35)12-13-38/h3-9,14-16,18H,10-12,17,19-20H2,1-2H3,(H2,39,43). The van der Waals surface area contributed by atoms with Crippen LogP contribution in [0.3, 0.4) is 0 Å². The molecule has 3 aromatic carbocycles. The van der Waals surface area contributed by atoms with Crippen LogP contribution in [0.5, 0.6) is 11.6 Å². The third-order valence-electron chi connectivity index (χ3n) is 8.32. The fraction of sp³-hybridized carbons (Fsp3) is 0.257. The number of imidazole rings is 1. The van der Waals surface area contributed by atoms with Gasteiger partial charge < -0.3 is 19.8 Å². The maximum Gasteiger partial charge on any atom is 0.248 e. The Morgan fingerprint density at radius 2 is 1.87 bits per heavy atom. The van der Waals surface area contributed by atoms with Gasteiger partial charge in [0.2, 0.25) is 11.8 Å². The maximum absolute atomic E-state index is 15.6. The molecule has 6 rings (SSSR count). The largest absolute Gasteiger partial charge is 0.496 e. The molecule has 5 aromatic rings. The molecule has 1 amide bonds. The zero-order chi connectivity index (χ0) is 31.7. The summed E-state index contributed by atoms with van der Waals surface area (Å²) in [5.41, 5.74) is 9.11. The first-order valence-corrected chi connectivity index (χ1v) is 14.6. The number of hydrogen-bond donors (Lipinski definition) is 1. The van der Waals surface area contributed by atoms with Gasteiger partial charge in [0.25, 0.3) is 0 Å². The van der Waals surface area contributed by atoms with Crippen molar-refractivity contribution >= 4 is 16.9 Å². The number of amides is 1.